The maximum absolute atomic E-state index is 12.4. The molecular formula is C23H32ClNO2. The average molecular weight is 390 g/mol. The molecule has 0 heterocycles. The number of hydrogen-bond donors (Lipinski definition) is 0. The van der Waals surface area contributed by atoms with Crippen molar-refractivity contribution in [1.29, 1.82) is 0 Å². The Morgan fingerprint density at radius 3 is 2.44 bits per heavy atom. The van der Waals surface area contributed by atoms with Crippen LogP contribution in [0, 0.1) is 0 Å². The van der Waals surface area contributed by atoms with E-state index in [0.717, 1.165) is 12.0 Å². The molecule has 2 aromatic rings. The van der Waals surface area contributed by atoms with Gasteiger partial charge in [0, 0.05) is 6.54 Å². The molecule has 0 atom stereocenters. The number of aryl methyl sites for hydroxylation is 1. The summed E-state index contributed by atoms with van der Waals surface area (Å²) in [6.07, 6.45) is 1.06. The Morgan fingerprint density at radius 1 is 1.19 bits per heavy atom. The summed E-state index contributed by atoms with van der Waals surface area (Å²) in [6, 6.07) is 11.0. The summed E-state index contributed by atoms with van der Waals surface area (Å²) >= 11 is 5.85. The van der Waals surface area contributed by atoms with Gasteiger partial charge < -0.3 is 9.64 Å². The molecular weight excluding hydrogens is 358 g/mol. The highest BCUT2D eigenvalue weighted by atomic mass is 35.5. The SMILES string of the molecule is CCc1cccc2cc(CN(COC(C)C)C(=O)CCl)c(C(C)(C)C)cc12. The molecule has 2 rings (SSSR count). The summed E-state index contributed by atoms with van der Waals surface area (Å²) in [5.41, 5.74) is 3.72. The molecule has 0 aliphatic heterocycles. The first kappa shape index (κ1) is 21.7. The van der Waals surface area contributed by atoms with Gasteiger partial charge in [0.2, 0.25) is 5.91 Å². The van der Waals surface area contributed by atoms with Crippen molar-refractivity contribution in [3.05, 3.63) is 47.0 Å². The maximum atomic E-state index is 12.4. The van der Waals surface area contributed by atoms with E-state index in [-0.39, 0.29) is 30.0 Å². The molecule has 0 N–H and O–H groups in total. The van der Waals surface area contributed by atoms with E-state index >= 15 is 0 Å². The second-order valence-electron chi connectivity index (χ2n) is 8.32. The number of amides is 1. The Labute approximate surface area is 168 Å². The van der Waals surface area contributed by atoms with Gasteiger partial charge in [0.25, 0.3) is 0 Å². The van der Waals surface area contributed by atoms with Crippen LogP contribution in [0.1, 0.15) is 58.2 Å². The van der Waals surface area contributed by atoms with Crippen LogP contribution in [0.4, 0.5) is 0 Å². The lowest BCUT2D eigenvalue weighted by atomic mass is 9.81. The zero-order chi connectivity index (χ0) is 20.2. The molecule has 0 radical (unpaired) electrons. The van der Waals surface area contributed by atoms with Crippen LogP contribution in [0.2, 0.25) is 0 Å². The van der Waals surface area contributed by atoms with E-state index in [0.29, 0.717) is 6.54 Å². The third kappa shape index (κ3) is 5.46. The van der Waals surface area contributed by atoms with Gasteiger partial charge in [-0.1, -0.05) is 52.0 Å². The van der Waals surface area contributed by atoms with Gasteiger partial charge in [0.15, 0.2) is 0 Å². The third-order valence-corrected chi connectivity index (χ3v) is 5.00. The van der Waals surface area contributed by atoms with Crippen LogP contribution in [0.15, 0.2) is 30.3 Å². The first-order valence-electron chi connectivity index (χ1n) is 9.67. The van der Waals surface area contributed by atoms with Gasteiger partial charge in [-0.25, -0.2) is 0 Å². The molecule has 0 fully saturated rings. The van der Waals surface area contributed by atoms with Crippen molar-refractivity contribution in [3.8, 4) is 0 Å². The van der Waals surface area contributed by atoms with Crippen molar-refractivity contribution in [2.24, 2.45) is 0 Å². The van der Waals surface area contributed by atoms with Crippen molar-refractivity contribution >= 4 is 28.3 Å². The zero-order valence-corrected chi connectivity index (χ0v) is 18.2. The summed E-state index contributed by atoms with van der Waals surface area (Å²) in [5, 5.41) is 2.50. The molecule has 0 unspecified atom stereocenters. The van der Waals surface area contributed by atoms with Crippen LogP contribution in [-0.2, 0) is 27.9 Å². The standard InChI is InChI=1S/C23H32ClNO2/c1-7-17-9-8-10-18-11-19(21(12-20(17)18)23(4,5)6)14-25(22(26)13-24)15-27-16(2)3/h8-12,16H,7,13-15H2,1-6H3. The molecule has 0 saturated heterocycles. The van der Waals surface area contributed by atoms with E-state index in [9.17, 15) is 4.79 Å². The summed E-state index contributed by atoms with van der Waals surface area (Å²) in [7, 11) is 0. The predicted octanol–water partition coefficient (Wildman–Crippen LogP) is 5.65. The molecule has 148 valence electrons. The lowest BCUT2D eigenvalue weighted by molar-refractivity contribution is -0.136. The predicted molar refractivity (Wildman–Crippen MR) is 114 cm³/mol. The van der Waals surface area contributed by atoms with Crippen molar-refractivity contribution in [2.75, 3.05) is 12.6 Å². The van der Waals surface area contributed by atoms with Crippen LogP contribution in [-0.4, -0.2) is 29.5 Å². The third-order valence-electron chi connectivity index (χ3n) is 4.78. The smallest absolute Gasteiger partial charge is 0.239 e. The topological polar surface area (TPSA) is 29.5 Å². The first-order valence-corrected chi connectivity index (χ1v) is 10.2. The number of alkyl halides is 1. The molecule has 1 amide bonds. The van der Waals surface area contributed by atoms with Crippen LogP contribution in [0.3, 0.4) is 0 Å². The fourth-order valence-electron chi connectivity index (χ4n) is 3.31. The Balaban J connectivity index is 2.52. The molecule has 2 aromatic carbocycles. The number of benzene rings is 2. The summed E-state index contributed by atoms with van der Waals surface area (Å²) < 4.78 is 5.70. The van der Waals surface area contributed by atoms with Gasteiger partial charge >= 0.3 is 0 Å². The summed E-state index contributed by atoms with van der Waals surface area (Å²) in [5.74, 6) is -0.153. The molecule has 4 heteroatoms. The zero-order valence-electron chi connectivity index (χ0n) is 17.4. The van der Waals surface area contributed by atoms with E-state index in [4.69, 9.17) is 16.3 Å². The number of carbonyl (C=O) groups is 1. The van der Waals surface area contributed by atoms with E-state index in [1.165, 1.54) is 21.9 Å². The molecule has 0 aliphatic rings. The Hall–Kier alpha value is -1.58. The quantitative estimate of drug-likeness (QED) is 0.452. The van der Waals surface area contributed by atoms with Gasteiger partial charge in [-0.3, -0.25) is 4.79 Å². The summed E-state index contributed by atoms with van der Waals surface area (Å²) in [6.45, 7) is 13.5. The van der Waals surface area contributed by atoms with Crippen molar-refractivity contribution in [1.82, 2.24) is 4.90 Å². The molecule has 3 nitrogen and oxygen atoms in total. The fourth-order valence-corrected chi connectivity index (χ4v) is 3.48. The fraction of sp³-hybridized carbons (Fsp3) is 0.522. The van der Waals surface area contributed by atoms with Gasteiger partial charge in [0.05, 0.1) is 6.10 Å². The highest BCUT2D eigenvalue weighted by Gasteiger charge is 2.22. The lowest BCUT2D eigenvalue weighted by Gasteiger charge is -2.29. The largest absolute Gasteiger partial charge is 0.358 e. The molecule has 27 heavy (non-hydrogen) atoms. The molecule has 0 spiro atoms. The minimum Gasteiger partial charge on any atom is -0.358 e. The van der Waals surface area contributed by atoms with E-state index in [1.807, 2.05) is 13.8 Å². The maximum Gasteiger partial charge on any atom is 0.239 e. The van der Waals surface area contributed by atoms with Gasteiger partial charge in [-0.2, -0.15) is 0 Å². The van der Waals surface area contributed by atoms with Crippen LogP contribution >= 0.6 is 11.6 Å². The normalized spacial score (nSPS) is 12.0. The Kier molecular flexibility index (Phi) is 7.30. The molecule has 0 aliphatic carbocycles. The van der Waals surface area contributed by atoms with Crippen molar-refractivity contribution in [2.45, 2.75) is 66.0 Å². The number of fused-ring (bicyclic) bond motifs is 1. The van der Waals surface area contributed by atoms with Crippen molar-refractivity contribution < 1.29 is 9.53 Å². The number of carbonyl (C=O) groups excluding carboxylic acids is 1. The lowest BCUT2D eigenvalue weighted by Crippen LogP contribution is -2.35. The van der Waals surface area contributed by atoms with Crippen LogP contribution in [0.5, 0.6) is 0 Å². The number of halogens is 1. The molecule has 0 aromatic heterocycles. The second-order valence-corrected chi connectivity index (χ2v) is 8.59. The van der Waals surface area contributed by atoms with Crippen LogP contribution in [0.25, 0.3) is 10.8 Å². The van der Waals surface area contributed by atoms with E-state index in [2.05, 4.69) is 58.0 Å². The number of nitrogens with zero attached hydrogens (tertiary/aromatic N) is 1. The Morgan fingerprint density at radius 2 is 1.89 bits per heavy atom. The number of rotatable bonds is 7. The minimum atomic E-state index is -0.111. The molecule has 0 saturated carbocycles. The van der Waals surface area contributed by atoms with Crippen LogP contribution < -0.4 is 0 Å². The Bertz CT molecular complexity index is 793. The second kappa shape index (κ2) is 9.07. The highest BCUT2D eigenvalue weighted by Crippen LogP contribution is 2.32. The van der Waals surface area contributed by atoms with Crippen molar-refractivity contribution in [3.63, 3.8) is 0 Å². The van der Waals surface area contributed by atoms with Gasteiger partial charge in [0.1, 0.15) is 12.6 Å². The number of ether oxygens (including phenoxy) is 1. The first-order chi connectivity index (χ1) is 12.7. The van der Waals surface area contributed by atoms with E-state index < -0.39 is 0 Å². The monoisotopic (exact) mass is 389 g/mol. The molecule has 0 bridgehead atoms. The summed E-state index contributed by atoms with van der Waals surface area (Å²) in [4.78, 5) is 14.1. The average Bonchev–Trinajstić information content (AvgIpc) is 2.62. The number of hydrogen-bond acceptors (Lipinski definition) is 2. The van der Waals surface area contributed by atoms with Gasteiger partial charge in [-0.15, -0.1) is 11.6 Å². The van der Waals surface area contributed by atoms with E-state index in [1.54, 1.807) is 4.90 Å². The van der Waals surface area contributed by atoms with Gasteiger partial charge in [-0.05, 0) is 59.2 Å². The minimum absolute atomic E-state index is 0.0288. The highest BCUT2D eigenvalue weighted by molar-refractivity contribution is 6.27.